The van der Waals surface area contributed by atoms with E-state index in [1.165, 1.54) is 0 Å². The van der Waals surface area contributed by atoms with Gasteiger partial charge in [-0.3, -0.25) is 4.68 Å². The van der Waals surface area contributed by atoms with Gasteiger partial charge in [0.25, 0.3) is 0 Å². The number of anilines is 1. The van der Waals surface area contributed by atoms with Crippen molar-refractivity contribution in [2.45, 2.75) is 40.2 Å². The second kappa shape index (κ2) is 6.31. The van der Waals surface area contributed by atoms with Gasteiger partial charge in [0.05, 0.1) is 11.4 Å². The molecule has 2 heterocycles. The Morgan fingerprint density at radius 3 is 2.74 bits per heavy atom. The topological polar surface area (TPSA) is 55.6 Å². The fourth-order valence-corrected chi connectivity index (χ4v) is 2.00. The van der Waals surface area contributed by atoms with Crippen molar-refractivity contribution in [3.05, 3.63) is 24.2 Å². The molecule has 0 unspecified atom stereocenters. The second-order valence-electron chi connectivity index (χ2n) is 4.38. The van der Waals surface area contributed by atoms with E-state index in [9.17, 15) is 0 Å². The molecule has 0 aromatic carbocycles. The lowest BCUT2D eigenvalue weighted by Gasteiger charge is -2.09. The van der Waals surface area contributed by atoms with E-state index >= 15 is 0 Å². The average Bonchev–Trinajstić information content (AvgIpc) is 2.87. The first-order chi connectivity index (χ1) is 9.28. The first-order valence-electron chi connectivity index (χ1n) is 6.92. The molecule has 0 aliphatic carbocycles. The van der Waals surface area contributed by atoms with Crippen LogP contribution in [0.3, 0.4) is 0 Å². The summed E-state index contributed by atoms with van der Waals surface area (Å²) < 4.78 is 2.00. The first kappa shape index (κ1) is 13.5. The highest BCUT2D eigenvalue weighted by atomic mass is 15.3. The van der Waals surface area contributed by atoms with Crippen LogP contribution < -0.4 is 5.32 Å². The van der Waals surface area contributed by atoms with E-state index in [1.54, 1.807) is 0 Å². The van der Waals surface area contributed by atoms with E-state index < -0.39 is 0 Å². The Hall–Kier alpha value is -1.91. The number of nitrogens with one attached hydrogen (secondary N) is 1. The molecule has 1 N–H and O–H groups in total. The molecule has 0 aliphatic heterocycles. The Morgan fingerprint density at radius 2 is 2.05 bits per heavy atom. The molecular weight excluding hydrogens is 238 g/mol. The largest absolute Gasteiger partial charge is 0.370 e. The number of aryl methyl sites for hydroxylation is 2. The van der Waals surface area contributed by atoms with Gasteiger partial charge in [0.2, 0.25) is 0 Å². The summed E-state index contributed by atoms with van der Waals surface area (Å²) in [6, 6.07) is 4.00. The Morgan fingerprint density at radius 1 is 1.21 bits per heavy atom. The Balaban J connectivity index is 2.42. The van der Waals surface area contributed by atoms with Crippen LogP contribution in [-0.2, 0) is 13.0 Å². The van der Waals surface area contributed by atoms with Gasteiger partial charge in [-0.2, -0.15) is 5.10 Å². The van der Waals surface area contributed by atoms with Crippen LogP contribution in [0, 0.1) is 0 Å². The fraction of sp³-hybridized carbons (Fsp3) is 0.500. The molecule has 0 aliphatic rings. The van der Waals surface area contributed by atoms with Gasteiger partial charge in [0, 0.05) is 31.8 Å². The lowest BCUT2D eigenvalue weighted by molar-refractivity contribution is 0.607. The summed E-state index contributed by atoms with van der Waals surface area (Å²) in [6.07, 6.45) is 3.71. The minimum Gasteiger partial charge on any atom is -0.370 e. The molecule has 5 nitrogen and oxygen atoms in total. The quantitative estimate of drug-likeness (QED) is 0.866. The molecule has 102 valence electrons. The minimum absolute atomic E-state index is 0.828. The zero-order valence-electron chi connectivity index (χ0n) is 11.8. The van der Waals surface area contributed by atoms with Crippen molar-refractivity contribution in [3.8, 4) is 11.4 Å². The van der Waals surface area contributed by atoms with Gasteiger partial charge in [-0.15, -0.1) is 0 Å². The zero-order chi connectivity index (χ0) is 13.7. The van der Waals surface area contributed by atoms with Crippen molar-refractivity contribution < 1.29 is 0 Å². The Bertz CT molecular complexity index is 532. The highest BCUT2D eigenvalue weighted by molar-refractivity contribution is 5.58. The van der Waals surface area contributed by atoms with Crippen molar-refractivity contribution >= 4 is 5.82 Å². The van der Waals surface area contributed by atoms with Gasteiger partial charge in [-0.25, -0.2) is 9.97 Å². The van der Waals surface area contributed by atoms with Crippen LogP contribution in [0.1, 0.15) is 33.0 Å². The van der Waals surface area contributed by atoms with Gasteiger partial charge >= 0.3 is 0 Å². The van der Waals surface area contributed by atoms with E-state index in [2.05, 4.69) is 41.2 Å². The molecule has 5 heteroatoms. The summed E-state index contributed by atoms with van der Waals surface area (Å²) in [5, 5.41) is 7.60. The van der Waals surface area contributed by atoms with Gasteiger partial charge < -0.3 is 5.32 Å². The zero-order valence-corrected chi connectivity index (χ0v) is 11.8. The summed E-state index contributed by atoms with van der Waals surface area (Å²) in [5.41, 5.74) is 1.99. The number of hydrogen-bond acceptors (Lipinski definition) is 4. The predicted octanol–water partition coefficient (Wildman–Crippen LogP) is 2.74. The number of rotatable bonds is 6. The maximum atomic E-state index is 4.61. The van der Waals surface area contributed by atoms with Crippen LogP contribution in [0.25, 0.3) is 11.4 Å². The van der Waals surface area contributed by atoms with E-state index in [-0.39, 0.29) is 0 Å². The maximum absolute atomic E-state index is 4.61. The molecule has 19 heavy (non-hydrogen) atoms. The lowest BCUT2D eigenvalue weighted by atomic mass is 10.2. The molecule has 2 rings (SSSR count). The minimum atomic E-state index is 0.828. The number of hydrogen-bond donors (Lipinski definition) is 1. The Labute approximate surface area is 114 Å². The van der Waals surface area contributed by atoms with Gasteiger partial charge in [-0.05, 0) is 19.4 Å². The van der Waals surface area contributed by atoms with Gasteiger partial charge in [-0.1, -0.05) is 13.8 Å². The summed E-state index contributed by atoms with van der Waals surface area (Å²) in [7, 11) is 0. The molecule has 0 radical (unpaired) electrons. The Kier molecular flexibility index (Phi) is 4.49. The van der Waals surface area contributed by atoms with Gasteiger partial charge in [0.15, 0.2) is 0 Å². The van der Waals surface area contributed by atoms with Crippen LogP contribution in [0.15, 0.2) is 18.3 Å². The van der Waals surface area contributed by atoms with Crippen molar-refractivity contribution in [1.82, 2.24) is 19.7 Å². The van der Waals surface area contributed by atoms with Crippen LogP contribution in [0.2, 0.25) is 0 Å². The van der Waals surface area contributed by atoms with Crippen molar-refractivity contribution in [3.63, 3.8) is 0 Å². The molecule has 0 atom stereocenters. The smallest absolute Gasteiger partial charge is 0.131 e. The lowest BCUT2D eigenvalue weighted by Crippen LogP contribution is -2.07. The fourth-order valence-electron chi connectivity index (χ4n) is 2.00. The van der Waals surface area contributed by atoms with Crippen LogP contribution in [0.5, 0.6) is 0 Å². The summed E-state index contributed by atoms with van der Waals surface area (Å²) >= 11 is 0. The summed E-state index contributed by atoms with van der Waals surface area (Å²) in [4.78, 5) is 9.08. The monoisotopic (exact) mass is 259 g/mol. The maximum Gasteiger partial charge on any atom is 0.131 e. The van der Waals surface area contributed by atoms with Gasteiger partial charge in [0.1, 0.15) is 11.6 Å². The van der Waals surface area contributed by atoms with Crippen molar-refractivity contribution in [1.29, 1.82) is 0 Å². The third kappa shape index (κ3) is 3.10. The molecule has 2 aromatic rings. The third-order valence-electron chi connectivity index (χ3n) is 2.86. The molecule has 0 amide bonds. The van der Waals surface area contributed by atoms with Crippen LogP contribution >= 0.6 is 0 Å². The highest BCUT2D eigenvalue weighted by Crippen LogP contribution is 2.20. The molecule has 0 saturated heterocycles. The molecule has 0 spiro atoms. The van der Waals surface area contributed by atoms with Crippen molar-refractivity contribution in [2.75, 3.05) is 11.9 Å². The van der Waals surface area contributed by atoms with Crippen LogP contribution in [-0.4, -0.2) is 26.3 Å². The number of aromatic nitrogens is 4. The van der Waals surface area contributed by atoms with E-state index in [4.69, 9.17) is 0 Å². The van der Waals surface area contributed by atoms with Crippen molar-refractivity contribution in [2.24, 2.45) is 0 Å². The second-order valence-corrected chi connectivity index (χ2v) is 4.38. The molecule has 0 fully saturated rings. The molecule has 0 saturated carbocycles. The van der Waals surface area contributed by atoms with E-state index in [0.717, 1.165) is 49.0 Å². The van der Waals surface area contributed by atoms with Crippen LogP contribution in [0.4, 0.5) is 5.82 Å². The number of nitrogens with zero attached hydrogens (tertiary/aromatic N) is 4. The standard InChI is InChI=1S/C14H21N5/c1-4-9-19-12(7-8-16-19)11-10-14(15-6-3)18-13(5-2)17-11/h7-8,10H,4-6,9H2,1-3H3,(H,15,17,18). The molecule has 2 aromatic heterocycles. The van der Waals surface area contributed by atoms with E-state index in [1.807, 2.05) is 23.0 Å². The average molecular weight is 259 g/mol. The summed E-state index contributed by atoms with van der Waals surface area (Å²) in [5.74, 6) is 1.74. The van der Waals surface area contributed by atoms with E-state index in [0.29, 0.717) is 0 Å². The molecular formula is C14H21N5. The predicted molar refractivity (Wildman–Crippen MR) is 77.1 cm³/mol. The third-order valence-corrected chi connectivity index (χ3v) is 2.86. The SMILES string of the molecule is CCCn1nccc1-c1cc(NCC)nc(CC)n1. The normalized spacial score (nSPS) is 10.7. The first-order valence-corrected chi connectivity index (χ1v) is 6.92. The molecule has 0 bridgehead atoms. The highest BCUT2D eigenvalue weighted by Gasteiger charge is 2.09. The summed E-state index contributed by atoms with van der Waals surface area (Å²) in [6.45, 7) is 8.04.